The molecule has 0 amide bonds. The zero-order valence-electron chi connectivity index (χ0n) is 8.78. The van der Waals surface area contributed by atoms with E-state index >= 15 is 0 Å². The molecule has 0 spiro atoms. The number of nitrogen functional groups attached to an aromatic ring is 2. The van der Waals surface area contributed by atoms with E-state index in [0.717, 1.165) is 27.5 Å². The van der Waals surface area contributed by atoms with Crippen molar-refractivity contribution in [1.82, 2.24) is 15.0 Å². The highest BCUT2D eigenvalue weighted by molar-refractivity contribution is 6.10. The maximum atomic E-state index is 5.89. The highest BCUT2D eigenvalue weighted by Gasteiger charge is 2.08. The molecule has 0 saturated heterocycles. The molecule has 1 aromatic carbocycles. The van der Waals surface area contributed by atoms with E-state index in [-0.39, 0.29) is 5.95 Å². The predicted molar refractivity (Wildman–Crippen MR) is 65.0 cm³/mol. The Morgan fingerprint density at radius 3 is 2.81 bits per heavy atom. The van der Waals surface area contributed by atoms with Gasteiger partial charge in [-0.05, 0) is 25.1 Å². The number of fused-ring (bicyclic) bond motifs is 3. The number of aryl methyl sites for hydroxylation is 1. The van der Waals surface area contributed by atoms with Gasteiger partial charge in [0, 0.05) is 16.6 Å². The lowest BCUT2D eigenvalue weighted by Gasteiger charge is -2.03. The van der Waals surface area contributed by atoms with E-state index in [1.165, 1.54) is 0 Å². The molecule has 0 aliphatic rings. The third kappa shape index (κ3) is 1.11. The molecular formula is C11H11N5. The Morgan fingerprint density at radius 2 is 2.00 bits per heavy atom. The average Bonchev–Trinajstić information content (AvgIpc) is 2.56. The van der Waals surface area contributed by atoms with Crippen molar-refractivity contribution in [3.05, 3.63) is 23.9 Å². The van der Waals surface area contributed by atoms with Crippen LogP contribution in [0.25, 0.3) is 21.8 Å². The molecule has 5 N–H and O–H groups in total. The van der Waals surface area contributed by atoms with Gasteiger partial charge in [-0.1, -0.05) is 0 Å². The van der Waals surface area contributed by atoms with Crippen LogP contribution < -0.4 is 11.5 Å². The molecule has 2 aromatic heterocycles. The largest absolute Gasteiger partial charge is 0.383 e. The van der Waals surface area contributed by atoms with E-state index in [4.69, 9.17) is 11.5 Å². The molecule has 2 heterocycles. The van der Waals surface area contributed by atoms with E-state index in [1.54, 1.807) is 0 Å². The van der Waals surface area contributed by atoms with Crippen molar-refractivity contribution in [3.8, 4) is 0 Å². The Kier molecular flexibility index (Phi) is 1.60. The molecule has 5 nitrogen and oxygen atoms in total. The van der Waals surface area contributed by atoms with Gasteiger partial charge in [-0.3, -0.25) is 0 Å². The smallest absolute Gasteiger partial charge is 0.222 e. The molecule has 0 unspecified atom stereocenters. The summed E-state index contributed by atoms with van der Waals surface area (Å²) < 4.78 is 0. The van der Waals surface area contributed by atoms with Gasteiger partial charge < -0.3 is 16.5 Å². The van der Waals surface area contributed by atoms with Crippen LogP contribution in [0.15, 0.2) is 18.2 Å². The number of hydrogen-bond donors (Lipinski definition) is 3. The number of aromatic nitrogens is 3. The molecule has 16 heavy (non-hydrogen) atoms. The van der Waals surface area contributed by atoms with Gasteiger partial charge in [-0.2, -0.15) is 4.98 Å². The van der Waals surface area contributed by atoms with Crippen LogP contribution in [-0.4, -0.2) is 15.0 Å². The molecule has 3 aromatic rings. The monoisotopic (exact) mass is 213 g/mol. The maximum Gasteiger partial charge on any atom is 0.222 e. The molecule has 0 aliphatic heterocycles. The molecule has 0 fully saturated rings. The summed E-state index contributed by atoms with van der Waals surface area (Å²) in [5.41, 5.74) is 14.3. The Hall–Kier alpha value is -2.30. The second-order valence-electron chi connectivity index (χ2n) is 3.84. The molecule has 0 radical (unpaired) electrons. The molecule has 0 saturated carbocycles. The minimum Gasteiger partial charge on any atom is -0.383 e. The van der Waals surface area contributed by atoms with E-state index < -0.39 is 0 Å². The van der Waals surface area contributed by atoms with Crippen LogP contribution in [0.2, 0.25) is 0 Å². The zero-order valence-corrected chi connectivity index (χ0v) is 8.78. The van der Waals surface area contributed by atoms with Crippen molar-refractivity contribution in [1.29, 1.82) is 0 Å². The van der Waals surface area contributed by atoms with E-state index in [0.29, 0.717) is 5.82 Å². The number of anilines is 2. The van der Waals surface area contributed by atoms with Crippen molar-refractivity contribution >= 4 is 33.6 Å². The maximum absolute atomic E-state index is 5.89. The van der Waals surface area contributed by atoms with Gasteiger partial charge in [-0.25, -0.2) is 4.98 Å². The van der Waals surface area contributed by atoms with Gasteiger partial charge in [0.25, 0.3) is 0 Å². The van der Waals surface area contributed by atoms with E-state index in [2.05, 4.69) is 15.0 Å². The summed E-state index contributed by atoms with van der Waals surface area (Å²) >= 11 is 0. The standard InChI is InChI=1S/C11H11N5/c1-5-4-6-7(14-5)2-3-8-9(6)10(12)16-11(13)15-8/h2-4,14H,1H3,(H4,12,13,15,16). The number of aromatic amines is 1. The summed E-state index contributed by atoms with van der Waals surface area (Å²) in [6.07, 6.45) is 0. The lowest BCUT2D eigenvalue weighted by atomic mass is 10.1. The fraction of sp³-hybridized carbons (Fsp3) is 0.0909. The van der Waals surface area contributed by atoms with Crippen LogP contribution in [0.1, 0.15) is 5.69 Å². The number of nitrogens with one attached hydrogen (secondary N) is 1. The minimum atomic E-state index is 0.205. The van der Waals surface area contributed by atoms with Gasteiger partial charge in [0.2, 0.25) is 5.95 Å². The van der Waals surface area contributed by atoms with Gasteiger partial charge in [0.05, 0.1) is 10.9 Å². The van der Waals surface area contributed by atoms with Crippen LogP contribution in [0.3, 0.4) is 0 Å². The third-order valence-electron chi connectivity index (χ3n) is 2.64. The van der Waals surface area contributed by atoms with Crippen LogP contribution in [0.5, 0.6) is 0 Å². The number of rotatable bonds is 0. The first-order valence-corrected chi connectivity index (χ1v) is 4.96. The van der Waals surface area contributed by atoms with Crippen LogP contribution >= 0.6 is 0 Å². The first kappa shape index (κ1) is 8.96. The Bertz CT molecular complexity index is 698. The Morgan fingerprint density at radius 1 is 1.19 bits per heavy atom. The van der Waals surface area contributed by atoms with Gasteiger partial charge >= 0.3 is 0 Å². The molecule has 3 rings (SSSR count). The van der Waals surface area contributed by atoms with Gasteiger partial charge in [-0.15, -0.1) is 0 Å². The lowest BCUT2D eigenvalue weighted by molar-refractivity contribution is 1.25. The first-order chi connectivity index (χ1) is 7.65. The molecule has 80 valence electrons. The Labute approximate surface area is 91.5 Å². The highest BCUT2D eigenvalue weighted by Crippen LogP contribution is 2.28. The normalized spacial score (nSPS) is 11.3. The van der Waals surface area contributed by atoms with Crippen LogP contribution in [0, 0.1) is 6.92 Å². The summed E-state index contributed by atoms with van der Waals surface area (Å²) in [5, 5.41) is 1.89. The molecule has 0 aliphatic carbocycles. The van der Waals surface area contributed by atoms with Crippen LogP contribution in [0.4, 0.5) is 11.8 Å². The van der Waals surface area contributed by atoms with Crippen molar-refractivity contribution in [2.45, 2.75) is 6.92 Å². The lowest BCUT2D eigenvalue weighted by Crippen LogP contribution is -2.00. The number of nitrogens with zero attached hydrogens (tertiary/aromatic N) is 2. The number of hydrogen-bond acceptors (Lipinski definition) is 4. The summed E-state index contributed by atoms with van der Waals surface area (Å²) in [7, 11) is 0. The second-order valence-corrected chi connectivity index (χ2v) is 3.84. The summed E-state index contributed by atoms with van der Waals surface area (Å²) in [4.78, 5) is 11.4. The average molecular weight is 213 g/mol. The van der Waals surface area contributed by atoms with Gasteiger partial charge in [0.15, 0.2) is 0 Å². The van der Waals surface area contributed by atoms with Crippen molar-refractivity contribution in [2.75, 3.05) is 11.5 Å². The first-order valence-electron chi connectivity index (χ1n) is 4.96. The SMILES string of the molecule is Cc1cc2c(ccc3nc(N)nc(N)c32)[nH]1. The fourth-order valence-corrected chi connectivity index (χ4v) is 2.02. The predicted octanol–water partition coefficient (Wildman–Crippen LogP) is 1.58. The van der Waals surface area contributed by atoms with E-state index in [9.17, 15) is 0 Å². The quantitative estimate of drug-likeness (QED) is 0.528. The zero-order chi connectivity index (χ0) is 11.3. The van der Waals surface area contributed by atoms with Gasteiger partial charge in [0.1, 0.15) is 5.82 Å². The molecular weight excluding hydrogens is 202 g/mol. The number of nitrogens with two attached hydrogens (primary N) is 2. The minimum absolute atomic E-state index is 0.205. The summed E-state index contributed by atoms with van der Waals surface area (Å²) in [5.74, 6) is 0.628. The number of benzene rings is 1. The number of H-pyrrole nitrogens is 1. The van der Waals surface area contributed by atoms with Crippen molar-refractivity contribution < 1.29 is 0 Å². The molecule has 0 atom stereocenters. The highest BCUT2D eigenvalue weighted by atomic mass is 15.0. The third-order valence-corrected chi connectivity index (χ3v) is 2.64. The van der Waals surface area contributed by atoms with Crippen molar-refractivity contribution in [2.24, 2.45) is 0 Å². The topological polar surface area (TPSA) is 93.6 Å². The van der Waals surface area contributed by atoms with Crippen LogP contribution in [-0.2, 0) is 0 Å². The fourth-order valence-electron chi connectivity index (χ4n) is 2.02. The summed E-state index contributed by atoms with van der Waals surface area (Å²) in [6, 6.07) is 5.89. The Balaban J connectivity index is 2.59. The molecule has 0 bridgehead atoms. The second kappa shape index (κ2) is 2.85. The van der Waals surface area contributed by atoms with Crippen molar-refractivity contribution in [3.63, 3.8) is 0 Å². The summed E-state index contributed by atoms with van der Waals surface area (Å²) in [6.45, 7) is 2.00. The van der Waals surface area contributed by atoms with E-state index in [1.807, 2.05) is 25.1 Å². The molecule has 5 heteroatoms.